The molecular formula is C27H29FN8O2. The number of hydrogen-bond donors (Lipinski definition) is 2. The van der Waals surface area contributed by atoms with Crippen LogP contribution in [0.1, 0.15) is 18.9 Å². The van der Waals surface area contributed by atoms with E-state index in [1.54, 1.807) is 25.0 Å². The lowest BCUT2D eigenvalue weighted by Gasteiger charge is -2.34. The summed E-state index contributed by atoms with van der Waals surface area (Å²) in [5, 5.41) is 8.21. The third-order valence-electron chi connectivity index (χ3n) is 7.08. The number of aryl methyl sites for hydroxylation is 1. The van der Waals surface area contributed by atoms with Crippen molar-refractivity contribution in [1.29, 1.82) is 0 Å². The van der Waals surface area contributed by atoms with Crippen molar-refractivity contribution >= 4 is 28.2 Å². The molecule has 6 rings (SSSR count). The normalized spacial score (nSPS) is 14.3. The first kappa shape index (κ1) is 23.8. The second kappa shape index (κ2) is 9.73. The Balaban J connectivity index is 1.26. The molecule has 0 radical (unpaired) electrons. The number of para-hydroxylation sites is 1. The number of aromatic amines is 1. The number of ether oxygens (including phenoxy) is 2. The van der Waals surface area contributed by atoms with E-state index in [0.717, 1.165) is 48.3 Å². The zero-order valence-corrected chi connectivity index (χ0v) is 21.5. The SMILES string of the molecule is COc1ccn(C2CCN(c3cccc4c(-c5nc(Nc6cn(C)nc6OC)ncc5F)c[nH]c34)CC2)c1. The highest BCUT2D eigenvalue weighted by Crippen LogP contribution is 2.37. The van der Waals surface area contributed by atoms with Gasteiger partial charge in [-0.3, -0.25) is 4.68 Å². The maximum atomic E-state index is 15.0. The number of hydrogen-bond acceptors (Lipinski definition) is 7. The number of rotatable bonds is 7. The average Bonchev–Trinajstić information content (AvgIpc) is 3.68. The van der Waals surface area contributed by atoms with Crippen molar-refractivity contribution in [2.45, 2.75) is 18.9 Å². The summed E-state index contributed by atoms with van der Waals surface area (Å²) < 4.78 is 29.5. The van der Waals surface area contributed by atoms with Crippen LogP contribution < -0.4 is 19.7 Å². The molecule has 10 nitrogen and oxygen atoms in total. The maximum Gasteiger partial charge on any atom is 0.256 e. The van der Waals surface area contributed by atoms with Crippen molar-refractivity contribution in [2.24, 2.45) is 7.05 Å². The van der Waals surface area contributed by atoms with Crippen LogP contribution in [-0.2, 0) is 7.05 Å². The molecule has 5 heterocycles. The van der Waals surface area contributed by atoms with Crippen molar-refractivity contribution in [3.63, 3.8) is 0 Å². The van der Waals surface area contributed by atoms with E-state index < -0.39 is 5.82 Å². The Morgan fingerprint density at radius 1 is 1.11 bits per heavy atom. The number of halogens is 1. The molecule has 38 heavy (non-hydrogen) atoms. The molecule has 2 N–H and O–H groups in total. The third kappa shape index (κ3) is 4.29. The fourth-order valence-electron chi connectivity index (χ4n) is 5.18. The van der Waals surface area contributed by atoms with Gasteiger partial charge < -0.3 is 29.2 Å². The minimum Gasteiger partial charge on any atom is -0.495 e. The van der Waals surface area contributed by atoms with Gasteiger partial charge in [-0.05, 0) is 25.0 Å². The Bertz CT molecular complexity index is 1580. The van der Waals surface area contributed by atoms with Crippen LogP contribution in [0.25, 0.3) is 22.2 Å². The van der Waals surface area contributed by atoms with Gasteiger partial charge >= 0.3 is 0 Å². The lowest BCUT2D eigenvalue weighted by atomic mass is 10.0. The fraction of sp³-hybridized carbons (Fsp3) is 0.296. The van der Waals surface area contributed by atoms with Crippen LogP contribution >= 0.6 is 0 Å². The Hall–Kier alpha value is -4.54. The van der Waals surface area contributed by atoms with Crippen molar-refractivity contribution in [3.8, 4) is 22.9 Å². The summed E-state index contributed by atoms with van der Waals surface area (Å²) in [7, 11) is 5.01. The zero-order valence-electron chi connectivity index (χ0n) is 21.5. The highest BCUT2D eigenvalue weighted by atomic mass is 19.1. The highest BCUT2D eigenvalue weighted by Gasteiger charge is 2.23. The molecule has 1 aromatic carbocycles. The molecule has 1 fully saturated rings. The average molecular weight is 517 g/mol. The molecule has 0 saturated carbocycles. The Labute approximate surface area is 219 Å². The van der Waals surface area contributed by atoms with Gasteiger partial charge in [0.25, 0.3) is 5.88 Å². The van der Waals surface area contributed by atoms with Gasteiger partial charge in [0.05, 0.1) is 37.8 Å². The van der Waals surface area contributed by atoms with E-state index in [9.17, 15) is 0 Å². The van der Waals surface area contributed by atoms with Gasteiger partial charge in [0.1, 0.15) is 17.1 Å². The number of anilines is 3. The van der Waals surface area contributed by atoms with E-state index in [2.05, 4.69) is 53.3 Å². The minimum absolute atomic E-state index is 0.217. The first-order chi connectivity index (χ1) is 18.5. The van der Waals surface area contributed by atoms with Gasteiger partial charge in [-0.15, -0.1) is 5.10 Å². The molecule has 4 aromatic heterocycles. The van der Waals surface area contributed by atoms with Crippen LogP contribution in [0.3, 0.4) is 0 Å². The molecule has 1 aliphatic rings. The molecule has 1 aliphatic heterocycles. The molecular weight excluding hydrogens is 487 g/mol. The number of fused-ring (bicyclic) bond motifs is 1. The summed E-state index contributed by atoms with van der Waals surface area (Å²) in [5.41, 5.74) is 3.55. The smallest absolute Gasteiger partial charge is 0.256 e. The number of H-pyrrole nitrogens is 1. The maximum absolute atomic E-state index is 15.0. The standard InChI is InChI=1S/C27H29FN8O2/c1-34-16-22(26(33-34)38-3)31-27-30-14-21(28)24(32-27)20-13-29-25-19(20)5-4-6-23(25)35-10-7-17(8-11-35)36-12-9-18(15-36)37-2/h4-6,9,12-17,29H,7-8,10-11H2,1-3H3,(H,30,31,32). The lowest BCUT2D eigenvalue weighted by molar-refractivity contribution is 0.386. The fourth-order valence-corrected chi connectivity index (χ4v) is 5.18. The van der Waals surface area contributed by atoms with E-state index >= 15 is 4.39 Å². The topological polar surface area (TPSA) is 98.1 Å². The summed E-state index contributed by atoms with van der Waals surface area (Å²) in [4.78, 5) is 14.4. The number of aromatic nitrogens is 6. The summed E-state index contributed by atoms with van der Waals surface area (Å²) in [6.07, 6.45) is 10.9. The molecule has 5 aromatic rings. The first-order valence-corrected chi connectivity index (χ1v) is 12.5. The molecule has 0 aliphatic carbocycles. The van der Waals surface area contributed by atoms with Crippen molar-refractivity contribution in [2.75, 3.05) is 37.5 Å². The van der Waals surface area contributed by atoms with Crippen LogP contribution in [-0.4, -0.2) is 56.6 Å². The molecule has 0 atom stereocenters. The predicted octanol–water partition coefficient (Wildman–Crippen LogP) is 4.90. The third-order valence-corrected chi connectivity index (χ3v) is 7.08. The summed E-state index contributed by atoms with van der Waals surface area (Å²) in [5.74, 6) is 1.04. The van der Waals surface area contributed by atoms with E-state index in [1.807, 2.05) is 24.4 Å². The van der Waals surface area contributed by atoms with Crippen molar-refractivity contribution in [3.05, 3.63) is 61.1 Å². The molecule has 0 amide bonds. The number of methoxy groups -OCH3 is 2. The van der Waals surface area contributed by atoms with Crippen molar-refractivity contribution < 1.29 is 13.9 Å². The van der Waals surface area contributed by atoms with Gasteiger partial charge in [-0.25, -0.2) is 14.4 Å². The van der Waals surface area contributed by atoms with Crippen LogP contribution in [0.5, 0.6) is 11.6 Å². The quantitative estimate of drug-likeness (QED) is 0.317. The summed E-state index contributed by atoms with van der Waals surface area (Å²) >= 11 is 0. The number of nitrogens with zero attached hydrogens (tertiary/aromatic N) is 6. The second-order valence-corrected chi connectivity index (χ2v) is 9.36. The van der Waals surface area contributed by atoms with Crippen LogP contribution in [0.4, 0.5) is 21.7 Å². The minimum atomic E-state index is -0.497. The largest absolute Gasteiger partial charge is 0.495 e. The van der Waals surface area contributed by atoms with Gasteiger partial charge in [0.15, 0.2) is 5.82 Å². The first-order valence-electron chi connectivity index (χ1n) is 12.5. The van der Waals surface area contributed by atoms with Crippen LogP contribution in [0, 0.1) is 5.82 Å². The van der Waals surface area contributed by atoms with E-state index in [-0.39, 0.29) is 11.6 Å². The van der Waals surface area contributed by atoms with Crippen LogP contribution in [0.15, 0.2) is 55.2 Å². The van der Waals surface area contributed by atoms with Gasteiger partial charge in [0, 0.05) is 55.7 Å². The summed E-state index contributed by atoms with van der Waals surface area (Å²) in [6, 6.07) is 8.54. The van der Waals surface area contributed by atoms with Gasteiger partial charge in [-0.2, -0.15) is 0 Å². The van der Waals surface area contributed by atoms with Crippen molar-refractivity contribution in [1.82, 2.24) is 29.3 Å². The Morgan fingerprint density at radius 3 is 2.71 bits per heavy atom. The van der Waals surface area contributed by atoms with Gasteiger partial charge in [-0.1, -0.05) is 12.1 Å². The number of nitrogens with one attached hydrogen (secondary N) is 2. The van der Waals surface area contributed by atoms with E-state index in [4.69, 9.17) is 9.47 Å². The zero-order chi connectivity index (χ0) is 26.2. The predicted molar refractivity (Wildman–Crippen MR) is 144 cm³/mol. The Kier molecular flexibility index (Phi) is 6.10. The Morgan fingerprint density at radius 2 is 1.95 bits per heavy atom. The van der Waals surface area contributed by atoms with E-state index in [0.29, 0.717) is 23.2 Å². The molecule has 1 saturated heterocycles. The lowest BCUT2D eigenvalue weighted by Crippen LogP contribution is -2.34. The van der Waals surface area contributed by atoms with E-state index in [1.165, 1.54) is 13.3 Å². The summed E-state index contributed by atoms with van der Waals surface area (Å²) in [6.45, 7) is 1.84. The second-order valence-electron chi connectivity index (χ2n) is 9.36. The number of piperidine rings is 1. The monoisotopic (exact) mass is 516 g/mol. The molecule has 0 unspecified atom stereocenters. The number of benzene rings is 1. The molecule has 0 bridgehead atoms. The molecule has 11 heteroatoms. The van der Waals surface area contributed by atoms with Crippen LogP contribution in [0.2, 0.25) is 0 Å². The van der Waals surface area contributed by atoms with Gasteiger partial charge in [0.2, 0.25) is 5.95 Å². The highest BCUT2D eigenvalue weighted by molar-refractivity contribution is 6.01. The molecule has 0 spiro atoms. The molecule has 196 valence electrons.